The van der Waals surface area contributed by atoms with Crippen molar-refractivity contribution >= 4 is 34.0 Å². The van der Waals surface area contributed by atoms with Crippen LogP contribution < -0.4 is 10.2 Å². The first-order chi connectivity index (χ1) is 17.8. The molecule has 1 aliphatic rings. The maximum atomic E-state index is 15.3. The maximum Gasteiger partial charge on any atom is 0.255 e. The van der Waals surface area contributed by atoms with E-state index in [0.717, 1.165) is 17.8 Å². The SMILES string of the molecule is O=C(Nc1cc(F)c(F)c(C(=O)c2cc3cc(N4CCOCC4)cnc3cn2)c1F)c1cccc(F)c1. The van der Waals surface area contributed by atoms with Gasteiger partial charge in [0.15, 0.2) is 17.5 Å². The highest BCUT2D eigenvalue weighted by Crippen LogP contribution is 2.28. The minimum absolute atomic E-state index is 0.184. The van der Waals surface area contributed by atoms with Crippen molar-refractivity contribution in [3.63, 3.8) is 0 Å². The summed E-state index contributed by atoms with van der Waals surface area (Å²) in [7, 11) is 0. The van der Waals surface area contributed by atoms with Gasteiger partial charge in [0.1, 0.15) is 17.1 Å². The number of rotatable bonds is 5. The van der Waals surface area contributed by atoms with Crippen LogP contribution in [0.5, 0.6) is 0 Å². The third-order valence-electron chi connectivity index (χ3n) is 5.88. The van der Waals surface area contributed by atoms with Crippen molar-refractivity contribution in [3.05, 3.63) is 94.9 Å². The molecular weight excluding hydrogens is 492 g/mol. The predicted octanol–water partition coefficient (Wildman–Crippen LogP) is 4.51. The van der Waals surface area contributed by atoms with Gasteiger partial charge in [-0.15, -0.1) is 0 Å². The average Bonchev–Trinajstić information content (AvgIpc) is 2.91. The lowest BCUT2D eigenvalue weighted by Gasteiger charge is -2.28. The smallest absolute Gasteiger partial charge is 0.255 e. The first-order valence-electron chi connectivity index (χ1n) is 11.2. The lowest BCUT2D eigenvalue weighted by atomic mass is 10.0. The van der Waals surface area contributed by atoms with Crippen molar-refractivity contribution in [1.82, 2.24) is 9.97 Å². The Labute approximate surface area is 207 Å². The highest BCUT2D eigenvalue weighted by atomic mass is 19.2. The second kappa shape index (κ2) is 9.94. The Balaban J connectivity index is 1.49. The zero-order valence-electron chi connectivity index (χ0n) is 19.1. The van der Waals surface area contributed by atoms with Crippen molar-refractivity contribution in [1.29, 1.82) is 0 Å². The van der Waals surface area contributed by atoms with Crippen LogP contribution in [0.2, 0.25) is 0 Å². The lowest BCUT2D eigenvalue weighted by Crippen LogP contribution is -2.36. The second-order valence-corrected chi connectivity index (χ2v) is 8.26. The molecule has 0 aliphatic carbocycles. The Morgan fingerprint density at radius 3 is 2.46 bits per heavy atom. The molecule has 2 aromatic carbocycles. The number of pyridine rings is 2. The molecule has 4 aromatic rings. The fraction of sp³-hybridized carbons (Fsp3) is 0.154. The molecule has 1 aliphatic heterocycles. The Hall–Kier alpha value is -4.38. The zero-order chi connectivity index (χ0) is 26.1. The van der Waals surface area contributed by atoms with E-state index in [1.54, 1.807) is 12.3 Å². The highest BCUT2D eigenvalue weighted by molar-refractivity contribution is 6.11. The number of carbonyl (C=O) groups is 2. The van der Waals surface area contributed by atoms with Crippen molar-refractivity contribution in [2.24, 2.45) is 0 Å². The number of anilines is 2. The highest BCUT2D eigenvalue weighted by Gasteiger charge is 2.27. The van der Waals surface area contributed by atoms with Gasteiger partial charge in [-0.3, -0.25) is 19.6 Å². The number of ketones is 1. The van der Waals surface area contributed by atoms with Crippen LogP contribution in [0, 0.1) is 23.3 Å². The van der Waals surface area contributed by atoms with E-state index in [9.17, 15) is 22.8 Å². The summed E-state index contributed by atoms with van der Waals surface area (Å²) in [6.45, 7) is 2.39. The number of carbonyl (C=O) groups excluding carboxylic acids is 2. The monoisotopic (exact) mass is 510 g/mol. The summed E-state index contributed by atoms with van der Waals surface area (Å²) >= 11 is 0. The number of nitrogens with zero attached hydrogens (tertiary/aromatic N) is 3. The van der Waals surface area contributed by atoms with Gasteiger partial charge in [0.05, 0.1) is 42.5 Å². The number of morpholine rings is 1. The Morgan fingerprint density at radius 1 is 0.919 bits per heavy atom. The van der Waals surface area contributed by atoms with Crippen LogP contribution in [0.4, 0.5) is 28.9 Å². The number of halogens is 4. The average molecular weight is 510 g/mol. The third-order valence-corrected chi connectivity index (χ3v) is 5.88. The summed E-state index contributed by atoms with van der Waals surface area (Å²) in [6, 6.07) is 7.97. The number of hydrogen-bond donors (Lipinski definition) is 1. The molecule has 7 nitrogen and oxygen atoms in total. The number of amides is 1. The molecule has 0 radical (unpaired) electrons. The summed E-state index contributed by atoms with van der Waals surface area (Å²) in [5, 5.41) is 2.54. The Morgan fingerprint density at radius 2 is 1.70 bits per heavy atom. The second-order valence-electron chi connectivity index (χ2n) is 8.26. The van der Waals surface area contributed by atoms with Gasteiger partial charge < -0.3 is 15.0 Å². The Kier molecular flexibility index (Phi) is 6.53. The minimum atomic E-state index is -1.73. The lowest BCUT2D eigenvalue weighted by molar-refractivity contribution is 0.101. The number of benzene rings is 2. The normalized spacial score (nSPS) is 13.6. The van der Waals surface area contributed by atoms with Gasteiger partial charge in [-0.25, -0.2) is 17.6 Å². The van der Waals surface area contributed by atoms with Gasteiger partial charge in [-0.05, 0) is 30.3 Å². The molecule has 1 N–H and O–H groups in total. The van der Waals surface area contributed by atoms with Crippen LogP contribution in [0.1, 0.15) is 26.4 Å². The summed E-state index contributed by atoms with van der Waals surface area (Å²) in [4.78, 5) is 35.8. The molecule has 188 valence electrons. The van der Waals surface area contributed by atoms with Crippen molar-refractivity contribution in [2.75, 3.05) is 36.5 Å². The molecule has 1 amide bonds. The summed E-state index contributed by atoms with van der Waals surface area (Å²) in [5.74, 6) is -7.70. The van der Waals surface area contributed by atoms with Crippen LogP contribution in [0.25, 0.3) is 10.9 Å². The van der Waals surface area contributed by atoms with Crippen LogP contribution >= 0.6 is 0 Å². The van der Waals surface area contributed by atoms with Gasteiger partial charge >= 0.3 is 0 Å². The van der Waals surface area contributed by atoms with E-state index < -0.39 is 46.2 Å². The van der Waals surface area contributed by atoms with E-state index in [4.69, 9.17) is 4.74 Å². The van der Waals surface area contributed by atoms with Crippen molar-refractivity contribution in [2.45, 2.75) is 0 Å². The van der Waals surface area contributed by atoms with E-state index in [1.807, 2.05) is 4.90 Å². The molecule has 3 heterocycles. The topological polar surface area (TPSA) is 84.4 Å². The first kappa shape index (κ1) is 24.3. The molecule has 11 heteroatoms. The van der Waals surface area contributed by atoms with Crippen molar-refractivity contribution in [3.8, 4) is 0 Å². The standard InChI is InChI=1S/C26H18F4N4O3/c27-16-3-1-2-14(8-16)26(36)33-19-11-18(28)23(29)22(24(19)30)25(35)20-10-15-9-17(12-31-21(15)13-32-20)34-4-6-37-7-5-34/h1-3,8-13H,4-7H2,(H,33,36). The molecule has 5 rings (SSSR count). The van der Waals surface area contributed by atoms with Crippen molar-refractivity contribution < 1.29 is 31.9 Å². The summed E-state index contributed by atoms with van der Waals surface area (Å²) < 4.78 is 63.1. The molecule has 0 spiro atoms. The van der Waals surface area contributed by atoms with Crippen LogP contribution in [0.15, 0.2) is 54.9 Å². The summed E-state index contributed by atoms with van der Waals surface area (Å²) in [6.07, 6.45) is 2.92. The summed E-state index contributed by atoms with van der Waals surface area (Å²) in [5.41, 5.74) is -1.33. The van der Waals surface area contributed by atoms with Crippen LogP contribution in [-0.4, -0.2) is 48.0 Å². The Bertz CT molecular complexity index is 1540. The minimum Gasteiger partial charge on any atom is -0.378 e. The first-order valence-corrected chi connectivity index (χ1v) is 11.2. The number of hydrogen-bond acceptors (Lipinski definition) is 6. The van der Waals surface area contributed by atoms with E-state index >= 15 is 4.39 Å². The fourth-order valence-electron chi connectivity index (χ4n) is 3.98. The van der Waals surface area contributed by atoms with Crippen LogP contribution in [0.3, 0.4) is 0 Å². The van der Waals surface area contributed by atoms with Gasteiger partial charge in [0.2, 0.25) is 5.78 Å². The quantitative estimate of drug-likeness (QED) is 0.242. The fourth-order valence-corrected chi connectivity index (χ4v) is 3.98. The molecular formula is C26H18F4N4O3. The van der Waals surface area contributed by atoms with Crippen LogP contribution in [-0.2, 0) is 4.74 Å². The van der Waals surface area contributed by atoms with E-state index in [2.05, 4.69) is 15.3 Å². The number of ether oxygens (including phenoxy) is 1. The predicted molar refractivity (Wildman–Crippen MR) is 127 cm³/mol. The van der Waals surface area contributed by atoms with E-state index in [1.165, 1.54) is 24.4 Å². The number of nitrogens with one attached hydrogen (secondary N) is 1. The zero-order valence-corrected chi connectivity index (χ0v) is 19.1. The molecule has 1 saturated heterocycles. The molecule has 2 aromatic heterocycles. The number of aromatic nitrogens is 2. The maximum absolute atomic E-state index is 15.3. The van der Waals surface area contributed by atoms with Gasteiger partial charge in [0, 0.05) is 30.1 Å². The van der Waals surface area contributed by atoms with E-state index in [-0.39, 0.29) is 11.3 Å². The molecule has 0 saturated carbocycles. The molecule has 37 heavy (non-hydrogen) atoms. The van der Waals surface area contributed by atoms with Gasteiger partial charge in [0.25, 0.3) is 5.91 Å². The number of fused-ring (bicyclic) bond motifs is 1. The molecule has 1 fully saturated rings. The largest absolute Gasteiger partial charge is 0.378 e. The van der Waals surface area contributed by atoms with E-state index in [0.29, 0.717) is 43.3 Å². The van der Waals surface area contributed by atoms with Gasteiger partial charge in [-0.1, -0.05) is 6.07 Å². The molecule has 0 unspecified atom stereocenters. The third kappa shape index (κ3) is 4.85. The molecule has 0 atom stereocenters. The van der Waals surface area contributed by atoms with Gasteiger partial charge in [-0.2, -0.15) is 0 Å². The molecule has 0 bridgehead atoms.